The second-order valence-electron chi connectivity index (χ2n) is 5.38. The number of aromatic nitrogens is 1. The monoisotopic (exact) mass is 272 g/mol. The first-order chi connectivity index (χ1) is 8.95. The van der Waals surface area contributed by atoms with E-state index in [0.29, 0.717) is 11.9 Å². The molecule has 2 unspecified atom stereocenters. The molecule has 19 heavy (non-hydrogen) atoms. The largest absolute Gasteiger partial charge is 0.417 e. The van der Waals surface area contributed by atoms with Crippen molar-refractivity contribution in [1.29, 1.82) is 0 Å². The zero-order chi connectivity index (χ0) is 13.9. The number of anilines is 1. The van der Waals surface area contributed by atoms with Crippen molar-refractivity contribution in [3.8, 4) is 0 Å². The van der Waals surface area contributed by atoms with Gasteiger partial charge in [-0.05, 0) is 37.3 Å². The van der Waals surface area contributed by atoms with E-state index in [-0.39, 0.29) is 0 Å². The SMILES string of the molecule is CC1CCCC(Nc2ccc(C(F)(F)F)cn2)CC1. The number of rotatable bonds is 2. The number of nitrogens with one attached hydrogen (secondary N) is 1. The normalized spacial score (nSPS) is 24.8. The van der Waals surface area contributed by atoms with Gasteiger partial charge in [0.15, 0.2) is 0 Å². The fourth-order valence-corrected chi connectivity index (χ4v) is 2.49. The summed E-state index contributed by atoms with van der Waals surface area (Å²) >= 11 is 0. The summed E-state index contributed by atoms with van der Waals surface area (Å²) in [6, 6.07) is 2.82. The second-order valence-corrected chi connectivity index (χ2v) is 5.38. The molecule has 5 heteroatoms. The van der Waals surface area contributed by atoms with Gasteiger partial charge >= 0.3 is 6.18 Å². The second kappa shape index (κ2) is 5.80. The van der Waals surface area contributed by atoms with Crippen LogP contribution in [0.3, 0.4) is 0 Å². The molecule has 2 rings (SSSR count). The third kappa shape index (κ3) is 4.11. The molecular weight excluding hydrogens is 253 g/mol. The van der Waals surface area contributed by atoms with Crippen molar-refractivity contribution in [3.63, 3.8) is 0 Å². The lowest BCUT2D eigenvalue weighted by atomic mass is 10.0. The summed E-state index contributed by atoms with van der Waals surface area (Å²) in [6.07, 6.45) is 2.26. The molecule has 0 bridgehead atoms. The standard InChI is InChI=1S/C14H19F3N2/c1-10-3-2-4-12(7-5-10)19-13-8-6-11(9-18-13)14(15,16)17/h6,8-10,12H,2-5,7H2,1H3,(H,18,19). The van der Waals surface area contributed by atoms with Gasteiger partial charge < -0.3 is 5.32 Å². The van der Waals surface area contributed by atoms with Crippen LogP contribution in [0, 0.1) is 5.92 Å². The first-order valence-corrected chi connectivity index (χ1v) is 6.75. The first kappa shape index (κ1) is 14.2. The van der Waals surface area contributed by atoms with E-state index < -0.39 is 11.7 Å². The molecule has 0 radical (unpaired) electrons. The maximum absolute atomic E-state index is 12.4. The molecule has 1 aromatic heterocycles. The molecule has 1 aliphatic rings. The zero-order valence-corrected chi connectivity index (χ0v) is 11.0. The molecule has 0 aromatic carbocycles. The fourth-order valence-electron chi connectivity index (χ4n) is 2.49. The lowest BCUT2D eigenvalue weighted by Gasteiger charge is -2.17. The summed E-state index contributed by atoms with van der Waals surface area (Å²) in [5.41, 5.74) is -0.701. The fraction of sp³-hybridized carbons (Fsp3) is 0.643. The highest BCUT2D eigenvalue weighted by atomic mass is 19.4. The Bertz CT molecular complexity index is 400. The van der Waals surface area contributed by atoms with Gasteiger partial charge in [-0.1, -0.05) is 19.8 Å². The van der Waals surface area contributed by atoms with E-state index >= 15 is 0 Å². The maximum atomic E-state index is 12.4. The van der Waals surface area contributed by atoms with E-state index in [1.54, 1.807) is 0 Å². The van der Waals surface area contributed by atoms with Crippen molar-refractivity contribution in [1.82, 2.24) is 4.98 Å². The van der Waals surface area contributed by atoms with Crippen LogP contribution in [-0.4, -0.2) is 11.0 Å². The van der Waals surface area contributed by atoms with Crippen LogP contribution in [0.1, 0.15) is 44.6 Å². The molecule has 2 nitrogen and oxygen atoms in total. The zero-order valence-electron chi connectivity index (χ0n) is 11.0. The molecule has 0 saturated heterocycles. The minimum atomic E-state index is -4.32. The van der Waals surface area contributed by atoms with Crippen LogP contribution in [0.25, 0.3) is 0 Å². The third-order valence-corrected chi connectivity index (χ3v) is 3.70. The highest BCUT2D eigenvalue weighted by molar-refractivity contribution is 5.37. The van der Waals surface area contributed by atoms with Crippen LogP contribution in [0.4, 0.5) is 19.0 Å². The van der Waals surface area contributed by atoms with Gasteiger partial charge in [0.25, 0.3) is 0 Å². The Morgan fingerprint density at radius 3 is 2.58 bits per heavy atom. The number of nitrogens with zero attached hydrogens (tertiary/aromatic N) is 1. The smallest absolute Gasteiger partial charge is 0.367 e. The van der Waals surface area contributed by atoms with E-state index in [4.69, 9.17) is 0 Å². The minimum Gasteiger partial charge on any atom is -0.367 e. The Balaban J connectivity index is 1.96. The molecule has 0 aliphatic heterocycles. The van der Waals surface area contributed by atoms with E-state index in [1.807, 2.05) is 0 Å². The molecule has 1 N–H and O–H groups in total. The van der Waals surface area contributed by atoms with Crippen molar-refractivity contribution < 1.29 is 13.2 Å². The first-order valence-electron chi connectivity index (χ1n) is 6.75. The van der Waals surface area contributed by atoms with Crippen molar-refractivity contribution in [2.24, 2.45) is 5.92 Å². The molecule has 1 aliphatic carbocycles. The van der Waals surface area contributed by atoms with Gasteiger partial charge in [-0.25, -0.2) is 4.98 Å². The van der Waals surface area contributed by atoms with Crippen LogP contribution < -0.4 is 5.32 Å². The minimum absolute atomic E-state index is 0.328. The van der Waals surface area contributed by atoms with Crippen LogP contribution in [0.5, 0.6) is 0 Å². The van der Waals surface area contributed by atoms with E-state index in [1.165, 1.54) is 18.9 Å². The van der Waals surface area contributed by atoms with Gasteiger partial charge in [-0.15, -0.1) is 0 Å². The molecular formula is C14H19F3N2. The van der Waals surface area contributed by atoms with Gasteiger partial charge in [0.05, 0.1) is 5.56 Å². The van der Waals surface area contributed by atoms with Gasteiger partial charge in [0.2, 0.25) is 0 Å². The molecule has 1 aromatic rings. The number of alkyl halides is 3. The van der Waals surface area contributed by atoms with Crippen LogP contribution in [0.2, 0.25) is 0 Å². The molecule has 1 saturated carbocycles. The quantitative estimate of drug-likeness (QED) is 0.803. The highest BCUT2D eigenvalue weighted by Crippen LogP contribution is 2.29. The maximum Gasteiger partial charge on any atom is 0.417 e. The molecule has 0 amide bonds. The summed E-state index contributed by atoms with van der Waals surface area (Å²) in [7, 11) is 0. The van der Waals surface area contributed by atoms with Crippen molar-refractivity contribution in [2.75, 3.05) is 5.32 Å². The average Bonchev–Trinajstić information content (AvgIpc) is 2.54. The molecule has 2 atom stereocenters. The van der Waals surface area contributed by atoms with Gasteiger partial charge in [-0.2, -0.15) is 13.2 Å². The van der Waals surface area contributed by atoms with Gasteiger partial charge in [0, 0.05) is 12.2 Å². The van der Waals surface area contributed by atoms with Crippen molar-refractivity contribution in [3.05, 3.63) is 23.9 Å². The van der Waals surface area contributed by atoms with E-state index in [9.17, 15) is 13.2 Å². The Hall–Kier alpha value is -1.26. The van der Waals surface area contributed by atoms with Crippen LogP contribution in [0.15, 0.2) is 18.3 Å². The van der Waals surface area contributed by atoms with Crippen molar-refractivity contribution in [2.45, 2.75) is 51.2 Å². The lowest BCUT2D eigenvalue weighted by Crippen LogP contribution is -2.19. The topological polar surface area (TPSA) is 24.9 Å². The summed E-state index contributed by atoms with van der Waals surface area (Å²) < 4.78 is 37.2. The van der Waals surface area contributed by atoms with Gasteiger partial charge in [-0.3, -0.25) is 0 Å². The predicted octanol–water partition coefficient (Wildman–Crippen LogP) is 4.48. The summed E-state index contributed by atoms with van der Waals surface area (Å²) in [5, 5.41) is 3.24. The summed E-state index contributed by atoms with van der Waals surface area (Å²) in [4.78, 5) is 3.86. The Labute approximate surface area is 111 Å². The number of halogens is 3. The molecule has 0 spiro atoms. The third-order valence-electron chi connectivity index (χ3n) is 3.70. The van der Waals surface area contributed by atoms with E-state index in [2.05, 4.69) is 17.2 Å². The number of hydrogen-bond acceptors (Lipinski definition) is 2. The van der Waals surface area contributed by atoms with Crippen LogP contribution >= 0.6 is 0 Å². The lowest BCUT2D eigenvalue weighted by molar-refractivity contribution is -0.137. The number of pyridine rings is 1. The van der Waals surface area contributed by atoms with E-state index in [0.717, 1.165) is 37.4 Å². The molecule has 106 valence electrons. The molecule has 1 heterocycles. The molecule has 1 fully saturated rings. The average molecular weight is 272 g/mol. The van der Waals surface area contributed by atoms with Crippen molar-refractivity contribution >= 4 is 5.82 Å². The van der Waals surface area contributed by atoms with Crippen LogP contribution in [-0.2, 0) is 6.18 Å². The predicted molar refractivity (Wildman–Crippen MR) is 68.9 cm³/mol. The Morgan fingerprint density at radius 1 is 1.16 bits per heavy atom. The highest BCUT2D eigenvalue weighted by Gasteiger charge is 2.30. The number of hydrogen-bond donors (Lipinski definition) is 1. The Morgan fingerprint density at radius 2 is 1.95 bits per heavy atom. The van der Waals surface area contributed by atoms with Gasteiger partial charge in [0.1, 0.15) is 5.82 Å². The summed E-state index contributed by atoms with van der Waals surface area (Å²) in [5.74, 6) is 1.28. The summed E-state index contributed by atoms with van der Waals surface area (Å²) in [6.45, 7) is 2.25. The Kier molecular flexibility index (Phi) is 4.32.